The lowest BCUT2D eigenvalue weighted by molar-refractivity contribution is -0.136. The van der Waals surface area contributed by atoms with Crippen molar-refractivity contribution in [3.63, 3.8) is 0 Å². The average Bonchev–Trinajstić information content (AvgIpc) is 2.03. The molecule has 0 aromatic heterocycles. The molecule has 6 heteroatoms. The number of nitrogens with zero attached hydrogens (tertiary/aromatic N) is 1. The summed E-state index contributed by atoms with van der Waals surface area (Å²) < 4.78 is 23.7. The predicted molar refractivity (Wildman–Crippen MR) is 48.8 cm³/mol. The number of rotatable bonds is 5. The van der Waals surface area contributed by atoms with E-state index in [-0.39, 0.29) is 6.54 Å². The van der Waals surface area contributed by atoms with Crippen LogP contribution in [0.2, 0.25) is 0 Å². The molecule has 0 aliphatic heterocycles. The van der Waals surface area contributed by atoms with E-state index in [2.05, 4.69) is 6.58 Å². The van der Waals surface area contributed by atoms with Crippen molar-refractivity contribution in [1.82, 2.24) is 4.31 Å². The van der Waals surface area contributed by atoms with Gasteiger partial charge >= 0.3 is 5.97 Å². The monoisotopic (exact) mass is 207 g/mol. The van der Waals surface area contributed by atoms with E-state index >= 15 is 0 Å². The van der Waals surface area contributed by atoms with Crippen LogP contribution in [0.15, 0.2) is 12.7 Å². The van der Waals surface area contributed by atoms with Crippen LogP contribution in [0.1, 0.15) is 6.92 Å². The molecule has 0 spiro atoms. The topological polar surface area (TPSA) is 74.7 Å². The van der Waals surface area contributed by atoms with Gasteiger partial charge in [-0.15, -0.1) is 6.58 Å². The van der Waals surface area contributed by atoms with Crippen LogP contribution in [0.25, 0.3) is 0 Å². The van der Waals surface area contributed by atoms with Gasteiger partial charge in [0.05, 0.1) is 0 Å². The number of carbonyl (C=O) groups is 1. The molecular weight excluding hydrogens is 194 g/mol. The van der Waals surface area contributed by atoms with Crippen LogP contribution < -0.4 is 0 Å². The van der Waals surface area contributed by atoms with Gasteiger partial charge < -0.3 is 5.11 Å². The Morgan fingerprint density at radius 3 is 2.46 bits per heavy atom. The first-order valence-electron chi connectivity index (χ1n) is 3.63. The van der Waals surface area contributed by atoms with E-state index in [0.29, 0.717) is 0 Å². The van der Waals surface area contributed by atoms with Crippen LogP contribution in [0.4, 0.5) is 0 Å². The Morgan fingerprint density at radius 2 is 2.15 bits per heavy atom. The summed E-state index contributed by atoms with van der Waals surface area (Å²) >= 11 is 0. The molecule has 1 unspecified atom stereocenters. The largest absolute Gasteiger partial charge is 0.480 e. The lowest BCUT2D eigenvalue weighted by Crippen LogP contribution is -2.38. The lowest BCUT2D eigenvalue weighted by Gasteiger charge is -2.17. The fraction of sp³-hybridized carbons (Fsp3) is 0.571. The highest BCUT2D eigenvalue weighted by atomic mass is 32.2. The van der Waals surface area contributed by atoms with Crippen molar-refractivity contribution in [2.45, 2.75) is 12.2 Å². The summed E-state index contributed by atoms with van der Waals surface area (Å²) in [5, 5.41) is 7.08. The van der Waals surface area contributed by atoms with Gasteiger partial charge in [-0.3, -0.25) is 4.79 Å². The highest BCUT2D eigenvalue weighted by Gasteiger charge is 2.30. The molecule has 0 saturated carbocycles. The maximum absolute atomic E-state index is 11.4. The summed E-state index contributed by atoms with van der Waals surface area (Å²) in [5.74, 6) is -1.35. The van der Waals surface area contributed by atoms with Crippen LogP contribution in [0.3, 0.4) is 0 Å². The Balaban J connectivity index is 4.75. The molecule has 0 rings (SSSR count). The first kappa shape index (κ1) is 12.1. The van der Waals surface area contributed by atoms with Gasteiger partial charge in [0.25, 0.3) is 0 Å². The third-order valence-corrected chi connectivity index (χ3v) is 3.73. The van der Waals surface area contributed by atoms with E-state index in [9.17, 15) is 13.2 Å². The first-order valence-corrected chi connectivity index (χ1v) is 5.13. The summed E-state index contributed by atoms with van der Waals surface area (Å²) in [7, 11) is -2.42. The second-order valence-corrected chi connectivity index (χ2v) is 4.95. The Hall–Kier alpha value is -0.880. The van der Waals surface area contributed by atoms with Crippen molar-refractivity contribution < 1.29 is 18.3 Å². The molecule has 0 aromatic rings. The smallest absolute Gasteiger partial charge is 0.323 e. The SMILES string of the molecule is C=CCN(C)S(=O)(=O)C(C)C(=O)O. The third-order valence-electron chi connectivity index (χ3n) is 1.62. The fourth-order valence-electron chi connectivity index (χ4n) is 0.683. The van der Waals surface area contributed by atoms with Crippen molar-refractivity contribution in [3.8, 4) is 0 Å². The minimum atomic E-state index is -3.74. The maximum atomic E-state index is 11.4. The molecule has 0 radical (unpaired) electrons. The Morgan fingerprint density at radius 1 is 1.69 bits per heavy atom. The zero-order chi connectivity index (χ0) is 10.6. The highest BCUT2D eigenvalue weighted by Crippen LogP contribution is 2.06. The van der Waals surface area contributed by atoms with Gasteiger partial charge in [-0.1, -0.05) is 6.08 Å². The van der Waals surface area contributed by atoms with E-state index in [4.69, 9.17) is 5.11 Å². The van der Waals surface area contributed by atoms with Crippen LogP contribution in [-0.2, 0) is 14.8 Å². The molecule has 0 amide bonds. The molecule has 0 aromatic carbocycles. The van der Waals surface area contributed by atoms with Crippen molar-refractivity contribution in [3.05, 3.63) is 12.7 Å². The van der Waals surface area contributed by atoms with E-state index in [1.54, 1.807) is 0 Å². The van der Waals surface area contributed by atoms with Crippen molar-refractivity contribution in [1.29, 1.82) is 0 Å². The number of aliphatic carboxylic acids is 1. The van der Waals surface area contributed by atoms with Gasteiger partial charge in [-0.2, -0.15) is 0 Å². The highest BCUT2D eigenvalue weighted by molar-refractivity contribution is 7.90. The van der Waals surface area contributed by atoms with Crippen molar-refractivity contribution >= 4 is 16.0 Å². The minimum Gasteiger partial charge on any atom is -0.480 e. The second kappa shape index (κ2) is 4.38. The van der Waals surface area contributed by atoms with Gasteiger partial charge in [0.15, 0.2) is 5.25 Å². The number of sulfonamides is 1. The Bertz CT molecular complexity index is 296. The minimum absolute atomic E-state index is 0.111. The van der Waals surface area contributed by atoms with Gasteiger partial charge in [-0.25, -0.2) is 12.7 Å². The molecule has 0 fully saturated rings. The fourth-order valence-corrected chi connectivity index (χ4v) is 1.79. The van der Waals surface area contributed by atoms with Gasteiger partial charge in [-0.05, 0) is 6.92 Å². The van der Waals surface area contributed by atoms with Crippen molar-refractivity contribution in [2.75, 3.05) is 13.6 Å². The molecule has 0 bridgehead atoms. The molecule has 1 N–H and O–H groups in total. The summed E-state index contributed by atoms with van der Waals surface area (Å²) in [4.78, 5) is 10.4. The standard InChI is InChI=1S/C7H13NO4S/c1-4-5-8(3)13(11,12)6(2)7(9)10/h4,6H,1,5H2,2-3H3,(H,9,10). The van der Waals surface area contributed by atoms with Gasteiger partial charge in [0, 0.05) is 13.6 Å². The Kier molecular flexibility index (Phi) is 4.09. The predicted octanol–water partition coefficient (Wildman–Crippen LogP) is -0.0929. The number of likely N-dealkylation sites (N-methyl/N-ethyl adjacent to an activating group) is 1. The molecule has 13 heavy (non-hydrogen) atoms. The first-order chi connectivity index (χ1) is 5.84. The molecule has 5 nitrogen and oxygen atoms in total. The number of carboxylic acid groups (broad SMARTS) is 1. The lowest BCUT2D eigenvalue weighted by atomic mass is 10.5. The van der Waals surface area contributed by atoms with E-state index in [0.717, 1.165) is 11.2 Å². The number of hydrogen-bond acceptors (Lipinski definition) is 3. The van der Waals surface area contributed by atoms with Gasteiger partial charge in [0.2, 0.25) is 10.0 Å². The van der Waals surface area contributed by atoms with E-state index < -0.39 is 21.2 Å². The average molecular weight is 207 g/mol. The summed E-state index contributed by atoms with van der Waals surface area (Å²) in [6.45, 7) is 4.61. The third kappa shape index (κ3) is 2.82. The van der Waals surface area contributed by atoms with E-state index in [1.165, 1.54) is 13.1 Å². The maximum Gasteiger partial charge on any atom is 0.323 e. The summed E-state index contributed by atoms with van der Waals surface area (Å²) in [6.07, 6.45) is 1.39. The Labute approximate surface area is 77.7 Å². The zero-order valence-electron chi connectivity index (χ0n) is 7.60. The molecule has 0 heterocycles. The van der Waals surface area contributed by atoms with Crippen molar-refractivity contribution in [2.24, 2.45) is 0 Å². The molecule has 76 valence electrons. The van der Waals surface area contributed by atoms with Crippen LogP contribution >= 0.6 is 0 Å². The molecule has 1 atom stereocenters. The summed E-state index contributed by atoms with van der Waals surface area (Å²) in [5.41, 5.74) is 0. The molecular formula is C7H13NO4S. The zero-order valence-corrected chi connectivity index (χ0v) is 8.41. The van der Waals surface area contributed by atoms with Crippen LogP contribution in [-0.4, -0.2) is 42.6 Å². The van der Waals surface area contributed by atoms with Crippen LogP contribution in [0.5, 0.6) is 0 Å². The molecule has 0 saturated heterocycles. The molecule has 0 aliphatic rings. The normalized spacial score (nSPS) is 14.1. The quantitative estimate of drug-likeness (QED) is 0.639. The van der Waals surface area contributed by atoms with Gasteiger partial charge in [0.1, 0.15) is 0 Å². The second-order valence-electron chi connectivity index (χ2n) is 2.59. The van der Waals surface area contributed by atoms with E-state index in [1.807, 2.05) is 0 Å². The molecule has 0 aliphatic carbocycles. The van der Waals surface area contributed by atoms with Crippen LogP contribution in [0, 0.1) is 0 Å². The summed E-state index contributed by atoms with van der Waals surface area (Å²) in [6, 6.07) is 0. The number of hydrogen-bond donors (Lipinski definition) is 1. The number of carboxylic acids is 1.